The fourth-order valence-electron chi connectivity index (χ4n) is 6.51. The summed E-state index contributed by atoms with van der Waals surface area (Å²) in [7, 11) is 0. The molecule has 0 nitrogen and oxygen atoms in total. The van der Waals surface area contributed by atoms with Crippen molar-refractivity contribution in [3.63, 3.8) is 0 Å². The maximum atomic E-state index is 2.36. The summed E-state index contributed by atoms with van der Waals surface area (Å²) in [4.78, 5) is 0. The topological polar surface area (TPSA) is 0 Å². The van der Waals surface area contributed by atoms with Gasteiger partial charge in [-0.05, 0) is 105 Å². The van der Waals surface area contributed by atoms with E-state index >= 15 is 0 Å². The summed E-state index contributed by atoms with van der Waals surface area (Å²) in [5.74, 6) is 9.05. The van der Waals surface area contributed by atoms with E-state index in [1.807, 2.05) is 0 Å². The SMILES string of the molecule is CC(C)C(C)(C)C.CC(C)C(C)(C)C.CC1CCCCC1.CCC(C)(C)CC.CCC(C)(C)CC.CCC(C)C(C)C.CCC(C)C(C)C.CCC(CC)CC.CCCC(C)(C)C.CCCC(C)(C)C.CCCC(C)CC.CCCC(C)CC. The maximum Gasteiger partial charge on any atom is -0.0359 e. The molecule has 0 aromatic heterocycles. The number of hydrogen-bond donors (Lipinski definition) is 0. The zero-order valence-electron chi connectivity index (χ0n) is 69.7. The summed E-state index contributed by atoms with van der Waals surface area (Å²) in [6.07, 6.45) is 32.8. The van der Waals surface area contributed by atoms with Crippen molar-refractivity contribution < 1.29 is 0 Å². The van der Waals surface area contributed by atoms with E-state index in [0.717, 1.165) is 59.2 Å². The molecule has 1 aliphatic carbocycles. The molecule has 4 unspecified atom stereocenters. The van der Waals surface area contributed by atoms with Crippen LogP contribution < -0.4 is 0 Å². The normalized spacial score (nSPS) is 14.0. The Labute approximate surface area is 547 Å². The molecule has 0 N–H and O–H groups in total. The van der Waals surface area contributed by atoms with Crippen LogP contribution in [0.5, 0.6) is 0 Å². The van der Waals surface area contributed by atoms with Gasteiger partial charge in [-0.1, -0.05) is 446 Å². The molecule has 1 aliphatic rings. The van der Waals surface area contributed by atoms with Crippen molar-refractivity contribution in [1.82, 2.24) is 0 Å². The summed E-state index contributed by atoms with van der Waals surface area (Å²) in [5.41, 5.74) is 3.27. The minimum Gasteiger partial charge on any atom is -0.0654 e. The third kappa shape index (κ3) is 116. The van der Waals surface area contributed by atoms with E-state index in [9.17, 15) is 0 Å². The lowest BCUT2D eigenvalue weighted by Crippen LogP contribution is -2.12. The molecule has 4 atom stereocenters. The average molecular weight is 1200 g/mol. The molecule has 0 heterocycles. The highest BCUT2D eigenvalue weighted by atomic mass is 14.2. The molecule has 1 rings (SSSR count). The number of hydrogen-bond acceptors (Lipinski definition) is 0. The quantitative estimate of drug-likeness (QED) is 0.121. The van der Waals surface area contributed by atoms with Gasteiger partial charge < -0.3 is 0 Å². The molecule has 0 aromatic carbocycles. The Balaban J connectivity index is -0.0000000769. The minimum atomic E-state index is 0.500. The van der Waals surface area contributed by atoms with E-state index in [2.05, 4.69) is 305 Å². The molecule has 0 saturated heterocycles. The monoisotopic (exact) mass is 1200 g/mol. The van der Waals surface area contributed by atoms with Gasteiger partial charge in [-0.25, -0.2) is 0 Å². The second-order valence-corrected chi connectivity index (χ2v) is 34.1. The Kier molecular flexibility index (Phi) is 89.1. The summed E-state index contributed by atoms with van der Waals surface area (Å²) in [6, 6.07) is 0. The van der Waals surface area contributed by atoms with Crippen molar-refractivity contribution in [2.24, 2.45) is 91.7 Å². The predicted molar refractivity (Wildman–Crippen MR) is 410 cm³/mol. The zero-order chi connectivity index (χ0) is 69.7. The van der Waals surface area contributed by atoms with E-state index in [1.165, 1.54) is 154 Å². The predicted octanol–water partition coefficient (Wildman–Crippen LogP) is 33.2. The molecular formula is C84H190. The van der Waals surface area contributed by atoms with Gasteiger partial charge in [0.25, 0.3) is 0 Å². The van der Waals surface area contributed by atoms with Crippen molar-refractivity contribution in [1.29, 1.82) is 0 Å². The van der Waals surface area contributed by atoms with Gasteiger partial charge in [0.2, 0.25) is 0 Å². The van der Waals surface area contributed by atoms with E-state index < -0.39 is 0 Å². The van der Waals surface area contributed by atoms with Gasteiger partial charge in [-0.15, -0.1) is 0 Å². The molecule has 0 aliphatic heterocycles. The molecule has 84 heavy (non-hydrogen) atoms. The lowest BCUT2D eigenvalue weighted by atomic mass is 9.84. The first kappa shape index (κ1) is 109. The molecule has 1 fully saturated rings. The van der Waals surface area contributed by atoms with E-state index in [0.29, 0.717) is 32.5 Å². The summed E-state index contributed by atoms with van der Waals surface area (Å²) in [6.45, 7) is 99.7. The highest BCUT2D eigenvalue weighted by Gasteiger charge is 2.15. The molecule has 0 radical (unpaired) electrons. The molecule has 526 valence electrons. The van der Waals surface area contributed by atoms with Crippen molar-refractivity contribution in [3.8, 4) is 0 Å². The van der Waals surface area contributed by atoms with Crippen LogP contribution in [0.2, 0.25) is 0 Å². The van der Waals surface area contributed by atoms with Gasteiger partial charge in [0, 0.05) is 0 Å². The van der Waals surface area contributed by atoms with Crippen LogP contribution in [-0.2, 0) is 0 Å². The summed E-state index contributed by atoms with van der Waals surface area (Å²) in [5, 5.41) is 0. The lowest BCUT2D eigenvalue weighted by molar-refractivity contribution is 0.283. The summed E-state index contributed by atoms with van der Waals surface area (Å²) >= 11 is 0. The van der Waals surface area contributed by atoms with E-state index in [4.69, 9.17) is 0 Å². The molecule has 0 spiro atoms. The first-order valence-electron chi connectivity index (χ1n) is 38.0. The molecule has 0 heteroatoms. The highest BCUT2D eigenvalue weighted by molar-refractivity contribution is 4.66. The van der Waals surface area contributed by atoms with Gasteiger partial charge in [-0.2, -0.15) is 0 Å². The third-order valence-corrected chi connectivity index (χ3v) is 19.4. The zero-order valence-corrected chi connectivity index (χ0v) is 69.7. The van der Waals surface area contributed by atoms with Crippen molar-refractivity contribution in [2.75, 3.05) is 0 Å². The second kappa shape index (κ2) is 68.9. The van der Waals surface area contributed by atoms with E-state index in [-0.39, 0.29) is 0 Å². The molecular weight excluding hydrogens is 1010 g/mol. The first-order valence-corrected chi connectivity index (χ1v) is 38.0. The fraction of sp³-hybridized carbons (Fsp3) is 1.00. The molecule has 0 aromatic rings. The smallest absolute Gasteiger partial charge is 0.0359 e. The second-order valence-electron chi connectivity index (χ2n) is 34.1. The van der Waals surface area contributed by atoms with Gasteiger partial charge in [-0.3, -0.25) is 0 Å². The van der Waals surface area contributed by atoms with Gasteiger partial charge in [0.05, 0.1) is 0 Å². The highest BCUT2D eigenvalue weighted by Crippen LogP contribution is 2.26. The van der Waals surface area contributed by atoms with Crippen molar-refractivity contribution >= 4 is 0 Å². The van der Waals surface area contributed by atoms with Crippen LogP contribution in [0, 0.1) is 91.7 Å². The van der Waals surface area contributed by atoms with Crippen LogP contribution in [0.3, 0.4) is 0 Å². The first-order chi connectivity index (χ1) is 38.0. The van der Waals surface area contributed by atoms with Crippen molar-refractivity contribution in [2.45, 2.75) is 459 Å². The van der Waals surface area contributed by atoms with Crippen LogP contribution in [0.15, 0.2) is 0 Å². The lowest BCUT2D eigenvalue weighted by Gasteiger charge is -2.22. The molecule has 1 saturated carbocycles. The Morgan fingerprint density at radius 2 is 0.536 bits per heavy atom. The Bertz CT molecular complexity index is 996. The Morgan fingerprint density at radius 1 is 0.310 bits per heavy atom. The Morgan fingerprint density at radius 3 is 0.571 bits per heavy atom. The van der Waals surface area contributed by atoms with Gasteiger partial charge in [0.1, 0.15) is 0 Å². The third-order valence-electron chi connectivity index (χ3n) is 19.4. The summed E-state index contributed by atoms with van der Waals surface area (Å²) < 4.78 is 0. The van der Waals surface area contributed by atoms with Crippen LogP contribution in [0.1, 0.15) is 459 Å². The minimum absolute atomic E-state index is 0.500. The Hall–Kier alpha value is 0. The number of rotatable bonds is 19. The molecule has 0 amide bonds. The largest absolute Gasteiger partial charge is 0.0654 e. The average Bonchev–Trinajstić information content (AvgIpc) is 3.39. The van der Waals surface area contributed by atoms with Crippen LogP contribution >= 0.6 is 0 Å². The maximum absolute atomic E-state index is 2.36. The van der Waals surface area contributed by atoms with Gasteiger partial charge >= 0.3 is 0 Å². The standard InChI is InChI=1S/C7H14.11C7H16/c1-7-5-3-2-4-6-7;2*1-6(2)7(3,4)5;2*1-5-6-7(2,3)4;2*1-5-7(3,4)6-2;2*1-5-7(4)6(2)3;2*1-4-6-7(3)5-2;1-4-7(5-2)6-3/h7H,2-6H2,1H3;2*6H,1-5H3;4*5-6H2,1-4H3;2*6-7H,5H2,1-4H3;3*7H,4-6H2,1-3H3. The molecule has 0 bridgehead atoms. The van der Waals surface area contributed by atoms with Gasteiger partial charge in [0.15, 0.2) is 0 Å². The van der Waals surface area contributed by atoms with Crippen LogP contribution in [-0.4, -0.2) is 0 Å². The van der Waals surface area contributed by atoms with Crippen molar-refractivity contribution in [3.05, 3.63) is 0 Å². The van der Waals surface area contributed by atoms with Crippen LogP contribution in [0.25, 0.3) is 0 Å². The van der Waals surface area contributed by atoms with Crippen LogP contribution in [0.4, 0.5) is 0 Å². The van der Waals surface area contributed by atoms with E-state index in [1.54, 1.807) is 0 Å². The fourth-order valence-corrected chi connectivity index (χ4v) is 6.51.